The Balaban J connectivity index is 2.89. The fourth-order valence-electron chi connectivity index (χ4n) is 1.48. The van der Waals surface area contributed by atoms with Gasteiger partial charge in [0.05, 0.1) is 18.7 Å². The maximum Gasteiger partial charge on any atom is 0.325 e. The molecule has 1 rings (SSSR count). The zero-order valence-corrected chi connectivity index (χ0v) is 11.5. The summed E-state index contributed by atoms with van der Waals surface area (Å²) < 4.78 is 4.80. The van der Waals surface area contributed by atoms with Gasteiger partial charge in [0.1, 0.15) is 12.2 Å². The Bertz CT molecular complexity index is 546. The van der Waals surface area contributed by atoms with Crippen LogP contribution in [0.3, 0.4) is 0 Å². The van der Waals surface area contributed by atoms with Crippen LogP contribution in [0.5, 0.6) is 0 Å². The quantitative estimate of drug-likeness (QED) is 0.619. The highest BCUT2D eigenvalue weighted by atomic mass is 16.5. The van der Waals surface area contributed by atoms with Crippen LogP contribution in [-0.2, 0) is 9.53 Å². The van der Waals surface area contributed by atoms with E-state index in [1.54, 1.807) is 19.1 Å². The van der Waals surface area contributed by atoms with Crippen molar-refractivity contribution < 1.29 is 14.3 Å². The van der Waals surface area contributed by atoms with Gasteiger partial charge >= 0.3 is 5.97 Å². The number of ether oxygens (including phenoxy) is 1. The predicted molar refractivity (Wildman–Crippen MR) is 73.8 cm³/mol. The first-order valence-electron chi connectivity index (χ1n) is 6.15. The highest BCUT2D eigenvalue weighted by molar-refractivity contribution is 5.96. The van der Waals surface area contributed by atoms with Gasteiger partial charge in [-0.05, 0) is 19.1 Å². The van der Waals surface area contributed by atoms with Crippen molar-refractivity contribution in [1.82, 2.24) is 9.88 Å². The summed E-state index contributed by atoms with van der Waals surface area (Å²) in [7, 11) is 1.51. The summed E-state index contributed by atoms with van der Waals surface area (Å²) in [5.74, 6) is 4.61. The third-order valence-corrected chi connectivity index (χ3v) is 2.35. The number of carbonyl (C=O) groups is 2. The molecule has 1 aromatic rings. The maximum absolute atomic E-state index is 12.2. The molecule has 0 radical (unpaired) electrons. The molecule has 0 fully saturated rings. The number of nitrogens with zero attached hydrogens (tertiary/aromatic N) is 2. The molecule has 20 heavy (non-hydrogen) atoms. The number of esters is 1. The van der Waals surface area contributed by atoms with Gasteiger partial charge in [-0.1, -0.05) is 11.8 Å². The molecule has 0 aliphatic rings. The van der Waals surface area contributed by atoms with Crippen molar-refractivity contribution in [3.8, 4) is 11.8 Å². The van der Waals surface area contributed by atoms with E-state index in [9.17, 15) is 9.59 Å². The van der Waals surface area contributed by atoms with E-state index < -0.39 is 5.97 Å². The first kappa shape index (κ1) is 15.7. The minimum absolute atomic E-state index is 0.132. The van der Waals surface area contributed by atoms with Crippen LogP contribution in [0.1, 0.15) is 23.0 Å². The van der Waals surface area contributed by atoms with E-state index in [0.29, 0.717) is 5.56 Å². The molecule has 0 spiro atoms. The minimum Gasteiger partial charge on any atom is -0.465 e. The van der Waals surface area contributed by atoms with Gasteiger partial charge in [-0.25, -0.2) is 4.98 Å². The van der Waals surface area contributed by atoms with Crippen LogP contribution in [0.15, 0.2) is 18.3 Å². The largest absolute Gasteiger partial charge is 0.465 e. The topological polar surface area (TPSA) is 85.5 Å². The van der Waals surface area contributed by atoms with E-state index in [4.69, 9.17) is 10.5 Å². The van der Waals surface area contributed by atoms with Crippen molar-refractivity contribution in [2.75, 3.05) is 26.7 Å². The standard InChI is InChI=1S/C14H17N3O3/c1-3-20-12(18)10-17(2)14(19)13-11(6-4-8-15)7-5-9-16-13/h5,7,9H,3,8,10,15H2,1-2H3. The van der Waals surface area contributed by atoms with Gasteiger partial charge in [-0.3, -0.25) is 9.59 Å². The van der Waals surface area contributed by atoms with Crippen molar-refractivity contribution in [1.29, 1.82) is 0 Å². The number of aromatic nitrogens is 1. The summed E-state index contributed by atoms with van der Waals surface area (Å²) in [5.41, 5.74) is 5.99. The van der Waals surface area contributed by atoms with Gasteiger partial charge < -0.3 is 15.4 Å². The van der Waals surface area contributed by atoms with Crippen molar-refractivity contribution >= 4 is 11.9 Å². The van der Waals surface area contributed by atoms with E-state index in [0.717, 1.165) is 0 Å². The van der Waals surface area contributed by atoms with Gasteiger partial charge in [0.25, 0.3) is 5.91 Å². The number of hydrogen-bond acceptors (Lipinski definition) is 5. The zero-order chi connectivity index (χ0) is 15.0. The highest BCUT2D eigenvalue weighted by Crippen LogP contribution is 2.07. The second-order valence-corrected chi connectivity index (χ2v) is 3.87. The van der Waals surface area contributed by atoms with E-state index in [1.165, 1.54) is 18.1 Å². The number of pyridine rings is 1. The van der Waals surface area contributed by atoms with Gasteiger partial charge in [0, 0.05) is 13.2 Å². The summed E-state index contributed by atoms with van der Waals surface area (Å²) >= 11 is 0. The normalized spacial score (nSPS) is 9.35. The molecule has 0 unspecified atom stereocenters. The summed E-state index contributed by atoms with van der Waals surface area (Å²) in [6.45, 7) is 2.05. The number of carbonyl (C=O) groups excluding carboxylic acids is 2. The van der Waals surface area contributed by atoms with Crippen molar-refractivity contribution in [3.05, 3.63) is 29.6 Å². The first-order valence-corrected chi connectivity index (χ1v) is 6.15. The first-order chi connectivity index (χ1) is 9.60. The molecule has 0 aliphatic carbocycles. The number of amides is 1. The average molecular weight is 275 g/mol. The van der Waals surface area contributed by atoms with Crippen LogP contribution in [0.4, 0.5) is 0 Å². The molecule has 0 aliphatic heterocycles. The summed E-state index contributed by atoms with van der Waals surface area (Å²) in [5, 5.41) is 0. The van der Waals surface area contributed by atoms with Gasteiger partial charge in [-0.15, -0.1) is 0 Å². The van der Waals surface area contributed by atoms with E-state index >= 15 is 0 Å². The summed E-state index contributed by atoms with van der Waals surface area (Å²) in [6, 6.07) is 3.36. The van der Waals surface area contributed by atoms with Crippen molar-refractivity contribution in [2.45, 2.75) is 6.92 Å². The molecule has 106 valence electrons. The lowest BCUT2D eigenvalue weighted by molar-refractivity contribution is -0.143. The van der Waals surface area contributed by atoms with Gasteiger partial charge in [0.2, 0.25) is 0 Å². The van der Waals surface area contributed by atoms with Crippen LogP contribution in [0, 0.1) is 11.8 Å². The molecule has 0 bridgehead atoms. The Morgan fingerprint density at radius 1 is 1.50 bits per heavy atom. The smallest absolute Gasteiger partial charge is 0.325 e. The van der Waals surface area contributed by atoms with Crippen LogP contribution in [0.2, 0.25) is 0 Å². The van der Waals surface area contributed by atoms with Crippen LogP contribution >= 0.6 is 0 Å². The average Bonchev–Trinajstić information content (AvgIpc) is 2.44. The molecule has 0 aromatic carbocycles. The van der Waals surface area contributed by atoms with E-state index in [2.05, 4.69) is 16.8 Å². The van der Waals surface area contributed by atoms with Crippen LogP contribution in [-0.4, -0.2) is 48.5 Å². The van der Waals surface area contributed by atoms with Crippen LogP contribution in [0.25, 0.3) is 0 Å². The Hall–Kier alpha value is -2.39. The SMILES string of the molecule is CCOC(=O)CN(C)C(=O)c1ncccc1C#CCN. The zero-order valence-electron chi connectivity index (χ0n) is 11.5. The predicted octanol–water partition coefficient (Wildman–Crippen LogP) is 0.0269. The maximum atomic E-state index is 12.2. The number of likely N-dealkylation sites (N-methyl/N-ethyl adjacent to an activating group) is 1. The van der Waals surface area contributed by atoms with Crippen molar-refractivity contribution in [3.63, 3.8) is 0 Å². The molecular weight excluding hydrogens is 258 g/mol. The molecule has 2 N–H and O–H groups in total. The molecule has 6 heteroatoms. The third-order valence-electron chi connectivity index (χ3n) is 2.35. The monoisotopic (exact) mass is 275 g/mol. The Morgan fingerprint density at radius 2 is 2.25 bits per heavy atom. The van der Waals surface area contributed by atoms with E-state index in [-0.39, 0.29) is 31.3 Å². The molecule has 6 nitrogen and oxygen atoms in total. The molecule has 0 saturated carbocycles. The number of nitrogens with two attached hydrogens (primary N) is 1. The lowest BCUT2D eigenvalue weighted by Crippen LogP contribution is -2.34. The molecule has 0 saturated heterocycles. The molecule has 1 heterocycles. The Labute approximate surface area is 117 Å². The fraction of sp³-hybridized carbons (Fsp3) is 0.357. The third kappa shape index (κ3) is 4.37. The summed E-state index contributed by atoms with van der Waals surface area (Å²) in [4.78, 5) is 28.9. The lowest BCUT2D eigenvalue weighted by Gasteiger charge is -2.16. The van der Waals surface area contributed by atoms with Crippen molar-refractivity contribution in [2.24, 2.45) is 5.73 Å². The molecule has 1 amide bonds. The van der Waals surface area contributed by atoms with Crippen LogP contribution < -0.4 is 5.73 Å². The Kier molecular flexibility index (Phi) is 6.20. The lowest BCUT2D eigenvalue weighted by atomic mass is 10.2. The van der Waals surface area contributed by atoms with E-state index in [1.807, 2.05) is 0 Å². The second kappa shape index (κ2) is 7.92. The second-order valence-electron chi connectivity index (χ2n) is 3.87. The Morgan fingerprint density at radius 3 is 2.90 bits per heavy atom. The molecule has 0 atom stereocenters. The fourth-order valence-corrected chi connectivity index (χ4v) is 1.48. The summed E-state index contributed by atoms with van der Waals surface area (Å²) in [6.07, 6.45) is 1.50. The van der Waals surface area contributed by atoms with Gasteiger partial charge in [-0.2, -0.15) is 0 Å². The minimum atomic E-state index is -0.464. The molecule has 1 aromatic heterocycles. The number of hydrogen-bond donors (Lipinski definition) is 1. The highest BCUT2D eigenvalue weighted by Gasteiger charge is 2.19. The molecular formula is C14H17N3O3. The number of rotatable bonds is 4. The van der Waals surface area contributed by atoms with Gasteiger partial charge in [0.15, 0.2) is 0 Å².